The molecular formula is C14H18F3NO2. The third kappa shape index (κ3) is 4.68. The van der Waals surface area contributed by atoms with Crippen LogP contribution >= 0.6 is 0 Å². The lowest BCUT2D eigenvalue weighted by Gasteiger charge is -2.35. The van der Waals surface area contributed by atoms with E-state index in [0.717, 1.165) is 25.0 Å². The Bertz CT molecular complexity index is 413. The van der Waals surface area contributed by atoms with Crippen molar-refractivity contribution in [1.29, 1.82) is 0 Å². The Balaban J connectivity index is 1.72. The van der Waals surface area contributed by atoms with Crippen molar-refractivity contribution >= 4 is 0 Å². The van der Waals surface area contributed by atoms with Gasteiger partial charge in [-0.05, 0) is 37.5 Å². The van der Waals surface area contributed by atoms with Crippen molar-refractivity contribution in [3.63, 3.8) is 0 Å². The van der Waals surface area contributed by atoms with E-state index in [2.05, 4.69) is 10.1 Å². The third-order valence-corrected chi connectivity index (χ3v) is 3.25. The number of hydrogen-bond donors (Lipinski definition) is 1. The third-order valence-electron chi connectivity index (χ3n) is 3.25. The quantitative estimate of drug-likeness (QED) is 0.872. The van der Waals surface area contributed by atoms with Crippen LogP contribution in [0.4, 0.5) is 13.2 Å². The van der Waals surface area contributed by atoms with E-state index in [1.54, 1.807) is 12.1 Å². The van der Waals surface area contributed by atoms with Gasteiger partial charge >= 0.3 is 6.36 Å². The first kappa shape index (κ1) is 15.1. The maximum absolute atomic E-state index is 12.0. The van der Waals surface area contributed by atoms with Crippen molar-refractivity contribution in [1.82, 2.24) is 5.32 Å². The van der Waals surface area contributed by atoms with Crippen molar-refractivity contribution in [3.05, 3.63) is 29.8 Å². The van der Waals surface area contributed by atoms with E-state index in [9.17, 15) is 13.2 Å². The van der Waals surface area contributed by atoms with Crippen LogP contribution in [0.5, 0.6) is 5.75 Å². The molecule has 3 nitrogen and oxygen atoms in total. The van der Waals surface area contributed by atoms with Gasteiger partial charge in [0.1, 0.15) is 5.75 Å². The molecule has 1 aromatic rings. The SMILES string of the molecule is CCOC1CC(NCc2ccc(OC(F)(F)F)cc2)C1. The van der Waals surface area contributed by atoms with E-state index in [0.29, 0.717) is 18.7 Å². The van der Waals surface area contributed by atoms with Crippen LogP contribution in [0, 0.1) is 0 Å². The number of nitrogens with one attached hydrogen (secondary N) is 1. The fraction of sp³-hybridized carbons (Fsp3) is 0.571. The molecule has 1 fully saturated rings. The summed E-state index contributed by atoms with van der Waals surface area (Å²) in [5.74, 6) is -0.193. The number of halogens is 3. The van der Waals surface area contributed by atoms with Crippen molar-refractivity contribution in [2.45, 2.75) is 44.8 Å². The van der Waals surface area contributed by atoms with Gasteiger partial charge in [0.05, 0.1) is 6.10 Å². The molecule has 0 spiro atoms. The number of alkyl halides is 3. The van der Waals surface area contributed by atoms with E-state index in [-0.39, 0.29) is 5.75 Å². The number of rotatable bonds is 6. The minimum absolute atomic E-state index is 0.193. The predicted octanol–water partition coefficient (Wildman–Crippen LogP) is 3.24. The molecule has 0 radical (unpaired) electrons. The molecule has 0 atom stereocenters. The predicted molar refractivity (Wildman–Crippen MR) is 68.4 cm³/mol. The lowest BCUT2D eigenvalue weighted by atomic mass is 9.89. The zero-order valence-electron chi connectivity index (χ0n) is 11.2. The Hall–Kier alpha value is -1.27. The van der Waals surface area contributed by atoms with Crippen molar-refractivity contribution in [2.24, 2.45) is 0 Å². The summed E-state index contributed by atoms with van der Waals surface area (Å²) >= 11 is 0. The molecule has 0 amide bonds. The molecule has 112 valence electrons. The minimum Gasteiger partial charge on any atom is -0.406 e. The Morgan fingerprint density at radius 1 is 1.20 bits per heavy atom. The van der Waals surface area contributed by atoms with Crippen LogP contribution < -0.4 is 10.1 Å². The van der Waals surface area contributed by atoms with E-state index >= 15 is 0 Å². The van der Waals surface area contributed by atoms with Crippen LogP contribution in [-0.2, 0) is 11.3 Å². The summed E-state index contributed by atoms with van der Waals surface area (Å²) < 4.78 is 45.3. The van der Waals surface area contributed by atoms with E-state index < -0.39 is 6.36 Å². The zero-order valence-corrected chi connectivity index (χ0v) is 11.2. The van der Waals surface area contributed by atoms with Crippen LogP contribution in [0.25, 0.3) is 0 Å². The van der Waals surface area contributed by atoms with Gasteiger partial charge in [-0.1, -0.05) is 12.1 Å². The standard InChI is InChI=1S/C14H18F3NO2/c1-2-19-13-7-11(8-13)18-9-10-3-5-12(6-4-10)20-14(15,16)17/h3-6,11,13,18H,2,7-9H2,1H3. The molecule has 2 rings (SSSR count). The summed E-state index contributed by atoms with van der Waals surface area (Å²) in [4.78, 5) is 0. The zero-order chi connectivity index (χ0) is 14.6. The summed E-state index contributed by atoms with van der Waals surface area (Å²) in [6, 6.07) is 6.35. The highest BCUT2D eigenvalue weighted by Gasteiger charge is 2.31. The van der Waals surface area contributed by atoms with Crippen LogP contribution in [0.15, 0.2) is 24.3 Å². The second-order valence-electron chi connectivity index (χ2n) is 4.82. The molecular weight excluding hydrogens is 271 g/mol. The van der Waals surface area contributed by atoms with Gasteiger partial charge in [-0.25, -0.2) is 0 Å². The number of ether oxygens (including phenoxy) is 2. The molecule has 20 heavy (non-hydrogen) atoms. The molecule has 0 unspecified atom stereocenters. The normalized spacial score (nSPS) is 22.4. The largest absolute Gasteiger partial charge is 0.573 e. The lowest BCUT2D eigenvalue weighted by molar-refractivity contribution is -0.274. The first-order chi connectivity index (χ1) is 9.46. The maximum atomic E-state index is 12.0. The molecule has 0 saturated heterocycles. The molecule has 0 aliphatic heterocycles. The fourth-order valence-electron chi connectivity index (χ4n) is 2.18. The van der Waals surface area contributed by atoms with Gasteiger partial charge in [0.25, 0.3) is 0 Å². The van der Waals surface area contributed by atoms with Crippen molar-refractivity contribution in [3.8, 4) is 5.75 Å². The van der Waals surface area contributed by atoms with Crippen molar-refractivity contribution < 1.29 is 22.6 Å². The molecule has 6 heteroatoms. The summed E-state index contributed by atoms with van der Waals surface area (Å²) in [5.41, 5.74) is 0.930. The Morgan fingerprint density at radius 2 is 1.85 bits per heavy atom. The molecule has 1 aliphatic carbocycles. The van der Waals surface area contributed by atoms with Crippen LogP contribution in [-0.4, -0.2) is 25.1 Å². The molecule has 1 N–H and O–H groups in total. The number of benzene rings is 1. The number of hydrogen-bond acceptors (Lipinski definition) is 3. The highest BCUT2D eigenvalue weighted by atomic mass is 19.4. The Morgan fingerprint density at radius 3 is 2.40 bits per heavy atom. The van der Waals surface area contributed by atoms with E-state index in [1.165, 1.54) is 12.1 Å². The van der Waals surface area contributed by atoms with E-state index in [4.69, 9.17) is 4.74 Å². The monoisotopic (exact) mass is 289 g/mol. The average Bonchev–Trinajstić information content (AvgIpc) is 2.32. The second-order valence-corrected chi connectivity index (χ2v) is 4.82. The van der Waals surface area contributed by atoms with Gasteiger partial charge in [0, 0.05) is 19.2 Å². The van der Waals surface area contributed by atoms with Crippen LogP contribution in [0.1, 0.15) is 25.3 Å². The summed E-state index contributed by atoms with van der Waals surface area (Å²) in [6.45, 7) is 3.35. The molecule has 1 aromatic carbocycles. The smallest absolute Gasteiger partial charge is 0.406 e. The van der Waals surface area contributed by atoms with Gasteiger partial charge in [-0.2, -0.15) is 0 Å². The fourth-order valence-corrected chi connectivity index (χ4v) is 2.18. The first-order valence-electron chi connectivity index (χ1n) is 6.66. The summed E-state index contributed by atoms with van der Waals surface area (Å²) in [7, 11) is 0. The van der Waals surface area contributed by atoms with Crippen LogP contribution in [0.3, 0.4) is 0 Å². The summed E-state index contributed by atoms with van der Waals surface area (Å²) in [6.07, 6.45) is -2.31. The minimum atomic E-state index is -4.64. The van der Waals surface area contributed by atoms with E-state index in [1.807, 2.05) is 6.92 Å². The first-order valence-corrected chi connectivity index (χ1v) is 6.66. The Kier molecular flexibility index (Phi) is 4.88. The highest BCUT2D eigenvalue weighted by Crippen LogP contribution is 2.25. The second kappa shape index (κ2) is 6.45. The van der Waals surface area contributed by atoms with Gasteiger partial charge in [0.2, 0.25) is 0 Å². The van der Waals surface area contributed by atoms with Crippen LogP contribution in [0.2, 0.25) is 0 Å². The molecule has 0 heterocycles. The van der Waals surface area contributed by atoms with Gasteiger partial charge in [0.15, 0.2) is 0 Å². The molecule has 1 aliphatic rings. The highest BCUT2D eigenvalue weighted by molar-refractivity contribution is 5.27. The molecule has 0 bridgehead atoms. The molecule has 0 aromatic heterocycles. The van der Waals surface area contributed by atoms with Gasteiger partial charge in [-0.15, -0.1) is 13.2 Å². The summed E-state index contributed by atoms with van der Waals surface area (Å²) in [5, 5.41) is 3.35. The lowest BCUT2D eigenvalue weighted by Crippen LogP contribution is -2.45. The molecule has 1 saturated carbocycles. The maximum Gasteiger partial charge on any atom is 0.573 e. The Labute approximate surface area is 116 Å². The van der Waals surface area contributed by atoms with Gasteiger partial charge < -0.3 is 14.8 Å². The van der Waals surface area contributed by atoms with Crippen molar-refractivity contribution in [2.75, 3.05) is 6.61 Å². The average molecular weight is 289 g/mol. The topological polar surface area (TPSA) is 30.5 Å². The van der Waals surface area contributed by atoms with Gasteiger partial charge in [-0.3, -0.25) is 0 Å².